The lowest BCUT2D eigenvalue weighted by atomic mass is 10.1. The fourth-order valence-corrected chi connectivity index (χ4v) is 7.49. The Bertz CT molecular complexity index is 2150. The van der Waals surface area contributed by atoms with Crippen molar-refractivity contribution in [3.05, 3.63) is 80.0 Å². The summed E-state index contributed by atoms with van der Waals surface area (Å²) in [5, 5.41) is 5.82. The van der Waals surface area contributed by atoms with Crippen LogP contribution in [0.5, 0.6) is 0 Å². The maximum atomic E-state index is 12.9. The van der Waals surface area contributed by atoms with E-state index in [1.807, 2.05) is 0 Å². The molecule has 8 amide bonds. The number of nitrogen functional groups attached to an aromatic ring is 1. The van der Waals surface area contributed by atoms with Crippen LogP contribution in [0.4, 0.5) is 16.2 Å². The van der Waals surface area contributed by atoms with Gasteiger partial charge < -0.3 is 35.8 Å². The minimum absolute atomic E-state index is 0.0987. The molecule has 57 heavy (non-hydrogen) atoms. The van der Waals surface area contributed by atoms with E-state index in [1.165, 1.54) is 21.9 Å². The number of piperazine rings is 2. The zero-order valence-corrected chi connectivity index (χ0v) is 33.0. The van der Waals surface area contributed by atoms with E-state index in [4.69, 9.17) is 22.1 Å². The molecule has 0 spiro atoms. The number of halogens is 1. The zero-order valence-electron chi connectivity index (χ0n) is 31.5. The van der Waals surface area contributed by atoms with Gasteiger partial charge in [-0.3, -0.25) is 43.4 Å². The minimum Gasteiger partial charge on any atom is -0.444 e. The second-order valence-electron chi connectivity index (χ2n) is 14.4. The molecular formula is C38H41ClN8O9S. The highest BCUT2D eigenvalue weighted by Crippen LogP contribution is 2.31. The average molecular weight is 821 g/mol. The topological polar surface area (TPSA) is 212 Å². The van der Waals surface area contributed by atoms with E-state index in [0.29, 0.717) is 61.6 Å². The molecule has 3 aromatic rings. The van der Waals surface area contributed by atoms with E-state index in [9.17, 15) is 38.4 Å². The summed E-state index contributed by atoms with van der Waals surface area (Å²) in [5.41, 5.74) is 6.30. The molecular weight excluding hydrogens is 780 g/mol. The first-order chi connectivity index (χ1) is 27.0. The number of ether oxygens (including phenoxy) is 1. The minimum atomic E-state index is -0.589. The van der Waals surface area contributed by atoms with Gasteiger partial charge in [0.1, 0.15) is 18.7 Å². The van der Waals surface area contributed by atoms with Gasteiger partial charge in [-0.15, -0.1) is 11.3 Å². The van der Waals surface area contributed by atoms with Gasteiger partial charge in [0.15, 0.2) is 0 Å². The van der Waals surface area contributed by atoms with Crippen molar-refractivity contribution >= 4 is 81.8 Å². The third kappa shape index (κ3) is 8.92. The second-order valence-corrected chi connectivity index (χ2v) is 16.1. The number of benzene rings is 2. The number of nitrogens with zero attached hydrogens (tertiary/aromatic N) is 5. The van der Waals surface area contributed by atoms with E-state index in [1.54, 1.807) is 62.1 Å². The Morgan fingerprint density at radius 2 is 1.26 bits per heavy atom. The molecule has 0 atom stereocenters. The number of fused-ring (bicyclic) bond motifs is 2. The van der Waals surface area contributed by atoms with Crippen LogP contribution in [0, 0.1) is 0 Å². The van der Waals surface area contributed by atoms with Crippen LogP contribution in [0.25, 0.3) is 0 Å². The molecule has 4 N–H and O–H groups in total. The van der Waals surface area contributed by atoms with E-state index in [2.05, 4.69) is 10.6 Å². The Labute approximate surface area is 336 Å². The van der Waals surface area contributed by atoms with Crippen molar-refractivity contribution in [3.63, 3.8) is 0 Å². The Balaban J connectivity index is 0.000000193. The summed E-state index contributed by atoms with van der Waals surface area (Å²) in [6.07, 6.45) is -0.421. The number of imide groups is 2. The number of hydrogen-bond donors (Lipinski definition) is 3. The third-order valence-electron chi connectivity index (χ3n) is 9.42. The van der Waals surface area contributed by atoms with Crippen LogP contribution in [-0.4, -0.2) is 143 Å². The molecule has 0 unspecified atom stereocenters. The van der Waals surface area contributed by atoms with Gasteiger partial charge >= 0.3 is 6.09 Å². The smallest absolute Gasteiger partial charge is 0.410 e. The lowest BCUT2D eigenvalue weighted by Crippen LogP contribution is -2.53. The SMILES string of the molecule is CC(C)(C)OC(=O)N1CCN(C(=O)CN2C(=O)c3cccc(N)c3C2=O)CC1.O=C(Nc1cccc2c1C(=O)N(CC(=O)N1CCNCC1)C2=O)c1ccc(Cl)s1. The Morgan fingerprint density at radius 3 is 1.81 bits per heavy atom. The van der Waals surface area contributed by atoms with Crippen molar-refractivity contribution in [1.82, 2.24) is 29.8 Å². The molecule has 1 aromatic heterocycles. The van der Waals surface area contributed by atoms with E-state index in [-0.39, 0.29) is 58.5 Å². The number of nitrogens with one attached hydrogen (secondary N) is 2. The summed E-state index contributed by atoms with van der Waals surface area (Å²) in [6, 6.07) is 12.5. The summed E-state index contributed by atoms with van der Waals surface area (Å²) in [6.45, 7) is 8.40. The molecule has 4 aliphatic heterocycles. The highest BCUT2D eigenvalue weighted by atomic mass is 35.5. The van der Waals surface area contributed by atoms with E-state index < -0.39 is 41.2 Å². The Hall–Kier alpha value is -5.85. The van der Waals surface area contributed by atoms with Crippen molar-refractivity contribution in [3.8, 4) is 0 Å². The number of carbonyl (C=O) groups is 8. The van der Waals surface area contributed by atoms with Crippen molar-refractivity contribution in [2.45, 2.75) is 26.4 Å². The number of hydrogen-bond acceptors (Lipinski definition) is 12. The molecule has 0 aliphatic carbocycles. The first-order valence-electron chi connectivity index (χ1n) is 18.1. The molecule has 7 rings (SSSR count). The van der Waals surface area contributed by atoms with Gasteiger partial charge in [0.05, 0.1) is 37.2 Å². The Morgan fingerprint density at radius 1 is 0.737 bits per heavy atom. The summed E-state index contributed by atoms with van der Waals surface area (Å²) < 4.78 is 5.80. The fraction of sp³-hybridized carbons (Fsp3) is 0.368. The number of carbonyl (C=O) groups excluding carboxylic acids is 8. The Kier molecular flexibility index (Phi) is 12.0. The zero-order chi connectivity index (χ0) is 41.2. The third-order valence-corrected chi connectivity index (χ3v) is 10.6. The van der Waals surface area contributed by atoms with Crippen LogP contribution in [0.2, 0.25) is 4.34 Å². The van der Waals surface area contributed by atoms with Gasteiger partial charge in [0, 0.05) is 58.0 Å². The molecule has 0 bridgehead atoms. The molecule has 0 saturated carbocycles. The number of anilines is 2. The van der Waals surface area contributed by atoms with Gasteiger partial charge in [0.25, 0.3) is 29.5 Å². The molecule has 17 nitrogen and oxygen atoms in total. The van der Waals surface area contributed by atoms with Crippen molar-refractivity contribution in [2.24, 2.45) is 0 Å². The lowest BCUT2D eigenvalue weighted by molar-refractivity contribution is -0.133. The number of amides is 8. The van der Waals surface area contributed by atoms with Crippen LogP contribution >= 0.6 is 22.9 Å². The van der Waals surface area contributed by atoms with Crippen molar-refractivity contribution < 1.29 is 43.1 Å². The van der Waals surface area contributed by atoms with Gasteiger partial charge in [-0.1, -0.05) is 23.7 Å². The summed E-state index contributed by atoms with van der Waals surface area (Å²) in [5.74, 6) is -3.26. The van der Waals surface area contributed by atoms with Gasteiger partial charge in [-0.25, -0.2) is 4.79 Å². The van der Waals surface area contributed by atoms with Crippen molar-refractivity contribution in [2.75, 3.05) is 76.5 Å². The van der Waals surface area contributed by atoms with Crippen LogP contribution in [-0.2, 0) is 14.3 Å². The van der Waals surface area contributed by atoms with Crippen molar-refractivity contribution in [1.29, 1.82) is 0 Å². The maximum absolute atomic E-state index is 12.9. The van der Waals surface area contributed by atoms with Gasteiger partial charge in [-0.05, 0) is 57.2 Å². The molecule has 2 fully saturated rings. The summed E-state index contributed by atoms with van der Waals surface area (Å²) >= 11 is 6.98. The maximum Gasteiger partial charge on any atom is 0.410 e. The van der Waals surface area contributed by atoms with Crippen LogP contribution in [0.15, 0.2) is 48.5 Å². The first-order valence-corrected chi connectivity index (χ1v) is 19.3. The normalized spacial score (nSPS) is 16.6. The molecule has 19 heteroatoms. The molecule has 5 heterocycles. The van der Waals surface area contributed by atoms with E-state index >= 15 is 0 Å². The predicted octanol–water partition coefficient (Wildman–Crippen LogP) is 2.63. The molecule has 4 aliphatic rings. The lowest BCUT2D eigenvalue weighted by Gasteiger charge is -2.36. The predicted molar refractivity (Wildman–Crippen MR) is 209 cm³/mol. The summed E-state index contributed by atoms with van der Waals surface area (Å²) in [7, 11) is 0. The van der Waals surface area contributed by atoms with Gasteiger partial charge in [0.2, 0.25) is 11.8 Å². The standard InChI is InChI=1S/C19H17ClN4O4S.C19H24N4O5/c20-14-5-4-13(29-14)17(26)22-12-3-1-2-11-16(12)19(28)24(18(11)27)10-15(25)23-8-6-21-7-9-23;1-19(2,3)28-18(27)22-9-7-21(8-10-22)14(24)11-23-16(25)12-5-4-6-13(20)15(12)17(23)26/h1-5,21H,6-10H2,(H,22,26);4-6H,7-11,20H2,1-3H3. The largest absolute Gasteiger partial charge is 0.444 e. The quantitative estimate of drug-likeness (QED) is 0.243. The number of nitrogens with two attached hydrogens (primary N) is 1. The first kappa shape index (κ1) is 40.8. The monoisotopic (exact) mass is 820 g/mol. The summed E-state index contributed by atoms with van der Waals surface area (Å²) in [4.78, 5) is 107. The van der Waals surface area contributed by atoms with Crippen LogP contribution < -0.4 is 16.4 Å². The van der Waals surface area contributed by atoms with Crippen LogP contribution in [0.3, 0.4) is 0 Å². The number of thiophene rings is 1. The molecule has 2 aromatic carbocycles. The molecule has 300 valence electrons. The fourth-order valence-electron chi connectivity index (χ4n) is 6.55. The highest BCUT2D eigenvalue weighted by molar-refractivity contribution is 7.18. The molecule has 0 radical (unpaired) electrons. The second kappa shape index (κ2) is 16.7. The van der Waals surface area contributed by atoms with Crippen LogP contribution in [0.1, 0.15) is 71.9 Å². The van der Waals surface area contributed by atoms with Gasteiger partial charge in [-0.2, -0.15) is 0 Å². The number of rotatable bonds is 6. The average Bonchev–Trinajstić information content (AvgIpc) is 3.80. The highest BCUT2D eigenvalue weighted by Gasteiger charge is 2.41. The van der Waals surface area contributed by atoms with E-state index in [0.717, 1.165) is 21.1 Å². The molecule has 2 saturated heterocycles.